The molecule has 1 nitrogen and oxygen atoms in total. The van der Waals surface area contributed by atoms with E-state index in [0.29, 0.717) is 12.0 Å². The molecule has 1 aromatic carbocycles. The summed E-state index contributed by atoms with van der Waals surface area (Å²) in [7, 11) is 0. The van der Waals surface area contributed by atoms with Crippen LogP contribution in [0.3, 0.4) is 0 Å². The number of ether oxygens (including phenoxy) is 1. The van der Waals surface area contributed by atoms with E-state index in [1.54, 1.807) is 0 Å². The van der Waals surface area contributed by atoms with E-state index in [-0.39, 0.29) is 0 Å². The Morgan fingerprint density at radius 3 is 3.00 bits per heavy atom. The van der Waals surface area contributed by atoms with Crippen LogP contribution in [0.1, 0.15) is 48.8 Å². The topological polar surface area (TPSA) is 9.23 Å². The van der Waals surface area contributed by atoms with E-state index < -0.39 is 0 Å². The van der Waals surface area contributed by atoms with Crippen molar-refractivity contribution in [3.63, 3.8) is 0 Å². The van der Waals surface area contributed by atoms with Gasteiger partial charge in [-0.05, 0) is 38.2 Å². The van der Waals surface area contributed by atoms with Gasteiger partial charge in [0, 0.05) is 11.5 Å². The standard InChI is InChI=1S/C14H18O/c1-3-10-7-9(2)8-12-11-5-4-6-13(11)15-14(10)12/h7-8,11,13H,3-6H2,1-2H3. The van der Waals surface area contributed by atoms with Gasteiger partial charge in [-0.15, -0.1) is 0 Å². The molecule has 1 heteroatoms. The number of hydrogen-bond acceptors (Lipinski definition) is 1. The molecule has 0 spiro atoms. The first-order chi connectivity index (χ1) is 7.29. The molecular weight excluding hydrogens is 184 g/mol. The Balaban J connectivity index is 2.12. The van der Waals surface area contributed by atoms with Crippen molar-refractivity contribution in [3.8, 4) is 5.75 Å². The predicted molar refractivity (Wildman–Crippen MR) is 61.6 cm³/mol. The van der Waals surface area contributed by atoms with Gasteiger partial charge in [-0.25, -0.2) is 0 Å². The van der Waals surface area contributed by atoms with Crippen LogP contribution in [-0.2, 0) is 6.42 Å². The van der Waals surface area contributed by atoms with Crippen LogP contribution < -0.4 is 4.74 Å². The molecule has 0 bridgehead atoms. The molecule has 3 rings (SSSR count). The zero-order chi connectivity index (χ0) is 10.4. The normalized spacial score (nSPS) is 27.3. The van der Waals surface area contributed by atoms with E-state index in [9.17, 15) is 0 Å². The summed E-state index contributed by atoms with van der Waals surface area (Å²) in [4.78, 5) is 0. The lowest BCUT2D eigenvalue weighted by Crippen LogP contribution is -2.11. The molecule has 0 saturated heterocycles. The highest BCUT2D eigenvalue weighted by atomic mass is 16.5. The minimum absolute atomic E-state index is 0.493. The summed E-state index contributed by atoms with van der Waals surface area (Å²) in [6.45, 7) is 4.41. The van der Waals surface area contributed by atoms with Gasteiger partial charge in [-0.2, -0.15) is 0 Å². The van der Waals surface area contributed by atoms with Crippen LogP contribution >= 0.6 is 0 Å². The van der Waals surface area contributed by atoms with E-state index in [4.69, 9.17) is 4.74 Å². The van der Waals surface area contributed by atoms with E-state index in [0.717, 1.165) is 6.42 Å². The first-order valence-electron chi connectivity index (χ1n) is 6.09. The summed E-state index contributed by atoms with van der Waals surface area (Å²) in [5.74, 6) is 1.92. The van der Waals surface area contributed by atoms with Gasteiger partial charge in [0.2, 0.25) is 0 Å². The van der Waals surface area contributed by atoms with E-state index in [1.165, 1.54) is 41.7 Å². The number of benzene rings is 1. The third-order valence-corrected chi connectivity index (χ3v) is 3.84. The van der Waals surface area contributed by atoms with Crippen LogP contribution in [0.4, 0.5) is 0 Å². The highest BCUT2D eigenvalue weighted by Gasteiger charge is 2.38. The summed E-state index contributed by atoms with van der Waals surface area (Å²) in [6, 6.07) is 4.62. The third-order valence-electron chi connectivity index (χ3n) is 3.84. The molecule has 1 saturated carbocycles. The van der Waals surface area contributed by atoms with Gasteiger partial charge in [0.1, 0.15) is 11.9 Å². The number of hydrogen-bond donors (Lipinski definition) is 0. The smallest absolute Gasteiger partial charge is 0.126 e. The summed E-state index contributed by atoms with van der Waals surface area (Å²) in [6.07, 6.45) is 5.49. The monoisotopic (exact) mass is 202 g/mol. The number of aryl methyl sites for hydroxylation is 2. The highest BCUT2D eigenvalue weighted by Crippen LogP contribution is 2.48. The Labute approximate surface area is 91.5 Å². The SMILES string of the molecule is CCc1cc(C)cc2c1OC1CCCC21. The van der Waals surface area contributed by atoms with Crippen molar-refractivity contribution in [1.82, 2.24) is 0 Å². The van der Waals surface area contributed by atoms with Crippen LogP contribution in [0, 0.1) is 6.92 Å². The zero-order valence-corrected chi connectivity index (χ0v) is 9.55. The van der Waals surface area contributed by atoms with Crippen LogP contribution in [0.2, 0.25) is 0 Å². The Hall–Kier alpha value is -0.980. The molecule has 1 aromatic rings. The molecule has 0 radical (unpaired) electrons. The van der Waals surface area contributed by atoms with E-state index >= 15 is 0 Å². The van der Waals surface area contributed by atoms with Gasteiger partial charge in [-0.3, -0.25) is 0 Å². The Morgan fingerprint density at radius 2 is 2.20 bits per heavy atom. The van der Waals surface area contributed by atoms with Gasteiger partial charge < -0.3 is 4.74 Å². The first-order valence-corrected chi connectivity index (χ1v) is 6.09. The second-order valence-corrected chi connectivity index (χ2v) is 4.89. The zero-order valence-electron chi connectivity index (χ0n) is 9.55. The minimum Gasteiger partial charge on any atom is -0.489 e. The maximum Gasteiger partial charge on any atom is 0.126 e. The molecular formula is C14H18O. The lowest BCUT2D eigenvalue weighted by molar-refractivity contribution is 0.223. The lowest BCUT2D eigenvalue weighted by Gasteiger charge is -2.10. The molecule has 0 aromatic heterocycles. The van der Waals surface area contributed by atoms with Crippen molar-refractivity contribution in [3.05, 3.63) is 28.8 Å². The molecule has 80 valence electrons. The highest BCUT2D eigenvalue weighted by molar-refractivity contribution is 5.50. The molecule has 1 heterocycles. The third kappa shape index (κ3) is 1.29. The van der Waals surface area contributed by atoms with Crippen molar-refractivity contribution in [1.29, 1.82) is 0 Å². The average molecular weight is 202 g/mol. The quantitative estimate of drug-likeness (QED) is 0.676. The molecule has 15 heavy (non-hydrogen) atoms. The van der Waals surface area contributed by atoms with Gasteiger partial charge in [0.15, 0.2) is 0 Å². The second kappa shape index (κ2) is 3.26. The van der Waals surface area contributed by atoms with Crippen LogP contribution in [-0.4, -0.2) is 6.10 Å². The maximum absolute atomic E-state index is 6.11. The van der Waals surface area contributed by atoms with Gasteiger partial charge >= 0.3 is 0 Å². The fraction of sp³-hybridized carbons (Fsp3) is 0.571. The Kier molecular flexibility index (Phi) is 2.01. The molecule has 1 fully saturated rings. The average Bonchev–Trinajstić information content (AvgIpc) is 2.77. The fourth-order valence-corrected chi connectivity index (χ4v) is 3.13. The number of fused-ring (bicyclic) bond motifs is 3. The molecule has 1 aliphatic carbocycles. The second-order valence-electron chi connectivity index (χ2n) is 4.89. The summed E-state index contributed by atoms with van der Waals surface area (Å²) in [5, 5.41) is 0. The van der Waals surface area contributed by atoms with Gasteiger partial charge in [-0.1, -0.05) is 24.6 Å². The van der Waals surface area contributed by atoms with Crippen LogP contribution in [0.15, 0.2) is 12.1 Å². The van der Waals surface area contributed by atoms with Crippen molar-refractivity contribution >= 4 is 0 Å². The first kappa shape index (κ1) is 9.26. The van der Waals surface area contributed by atoms with E-state index in [2.05, 4.69) is 26.0 Å². The van der Waals surface area contributed by atoms with Crippen molar-refractivity contribution in [2.24, 2.45) is 0 Å². The molecule has 0 amide bonds. The summed E-state index contributed by atoms with van der Waals surface area (Å²) < 4.78 is 6.11. The van der Waals surface area contributed by atoms with Gasteiger partial charge in [0.05, 0.1) is 0 Å². The largest absolute Gasteiger partial charge is 0.489 e. The Bertz CT molecular complexity index is 395. The Morgan fingerprint density at radius 1 is 1.33 bits per heavy atom. The summed E-state index contributed by atoms with van der Waals surface area (Å²) in [5.41, 5.74) is 4.29. The fourth-order valence-electron chi connectivity index (χ4n) is 3.13. The van der Waals surface area contributed by atoms with Crippen molar-refractivity contribution < 1.29 is 4.74 Å². The predicted octanol–water partition coefficient (Wildman–Crippen LogP) is 3.59. The molecule has 2 aliphatic rings. The maximum atomic E-state index is 6.11. The van der Waals surface area contributed by atoms with Gasteiger partial charge in [0.25, 0.3) is 0 Å². The molecule has 2 unspecified atom stereocenters. The van der Waals surface area contributed by atoms with Crippen molar-refractivity contribution in [2.75, 3.05) is 0 Å². The van der Waals surface area contributed by atoms with Crippen LogP contribution in [0.5, 0.6) is 5.75 Å². The summed E-state index contributed by atoms with van der Waals surface area (Å²) >= 11 is 0. The van der Waals surface area contributed by atoms with E-state index in [1.807, 2.05) is 0 Å². The van der Waals surface area contributed by atoms with Crippen molar-refractivity contribution in [2.45, 2.75) is 51.6 Å². The molecule has 2 atom stereocenters. The minimum atomic E-state index is 0.493. The van der Waals surface area contributed by atoms with Crippen LogP contribution in [0.25, 0.3) is 0 Å². The lowest BCUT2D eigenvalue weighted by atomic mass is 9.93. The molecule has 0 N–H and O–H groups in total. The number of rotatable bonds is 1. The molecule has 1 aliphatic heterocycles.